The molecule has 0 amide bonds. The van der Waals surface area contributed by atoms with E-state index in [1.165, 1.54) is 10.2 Å². The number of hydrogen-bond donors (Lipinski definition) is 1. The SMILES string of the molecule is CCc1nn(C)c(CN(CC)C2CNC2)c1Br. The van der Waals surface area contributed by atoms with Crippen LogP contribution in [0, 0.1) is 0 Å². The van der Waals surface area contributed by atoms with Gasteiger partial charge in [0.25, 0.3) is 0 Å². The van der Waals surface area contributed by atoms with Crippen LogP contribution in [0.4, 0.5) is 0 Å². The number of rotatable bonds is 5. The lowest BCUT2D eigenvalue weighted by Gasteiger charge is -2.37. The topological polar surface area (TPSA) is 33.1 Å². The van der Waals surface area contributed by atoms with Crippen LogP contribution in [-0.4, -0.2) is 40.4 Å². The van der Waals surface area contributed by atoms with Crippen LogP contribution in [-0.2, 0) is 20.0 Å². The summed E-state index contributed by atoms with van der Waals surface area (Å²) in [6, 6.07) is 0.687. The van der Waals surface area contributed by atoms with Crippen LogP contribution in [0.2, 0.25) is 0 Å². The fourth-order valence-corrected chi connectivity index (χ4v) is 2.96. The van der Waals surface area contributed by atoms with E-state index < -0.39 is 0 Å². The van der Waals surface area contributed by atoms with Crippen LogP contribution >= 0.6 is 15.9 Å². The van der Waals surface area contributed by atoms with Crippen molar-refractivity contribution in [1.82, 2.24) is 20.0 Å². The molecule has 0 saturated carbocycles. The zero-order valence-corrected chi connectivity index (χ0v) is 12.4. The van der Waals surface area contributed by atoms with Gasteiger partial charge < -0.3 is 5.32 Å². The molecule has 1 aromatic heterocycles. The summed E-state index contributed by atoms with van der Waals surface area (Å²) in [6.07, 6.45) is 0.978. The van der Waals surface area contributed by atoms with Gasteiger partial charge in [0.1, 0.15) is 0 Å². The summed E-state index contributed by atoms with van der Waals surface area (Å²) in [6.45, 7) is 8.67. The average Bonchev–Trinajstić information content (AvgIpc) is 2.52. The van der Waals surface area contributed by atoms with Gasteiger partial charge in [-0.1, -0.05) is 13.8 Å². The van der Waals surface area contributed by atoms with Crippen molar-refractivity contribution in [1.29, 1.82) is 0 Å². The molecule has 2 rings (SSSR count). The van der Waals surface area contributed by atoms with E-state index in [-0.39, 0.29) is 0 Å². The quantitative estimate of drug-likeness (QED) is 0.895. The summed E-state index contributed by atoms with van der Waals surface area (Å²) in [4.78, 5) is 2.51. The summed E-state index contributed by atoms with van der Waals surface area (Å²) in [7, 11) is 2.03. The number of hydrogen-bond acceptors (Lipinski definition) is 3. The maximum absolute atomic E-state index is 4.55. The third-order valence-corrected chi connectivity index (χ3v) is 4.45. The largest absolute Gasteiger partial charge is 0.314 e. The smallest absolute Gasteiger partial charge is 0.0767 e. The van der Waals surface area contributed by atoms with Gasteiger partial charge in [0.05, 0.1) is 15.9 Å². The molecular formula is C12H21BrN4. The second-order valence-electron chi connectivity index (χ2n) is 4.56. The molecule has 96 valence electrons. The Morgan fingerprint density at radius 2 is 2.18 bits per heavy atom. The van der Waals surface area contributed by atoms with Gasteiger partial charge in [-0.3, -0.25) is 9.58 Å². The minimum atomic E-state index is 0.687. The molecule has 1 aliphatic rings. The summed E-state index contributed by atoms with van der Waals surface area (Å²) in [5.74, 6) is 0. The highest BCUT2D eigenvalue weighted by Crippen LogP contribution is 2.23. The standard InChI is InChI=1S/C12H21BrN4/c1-4-10-12(13)11(16(3)15-10)8-17(5-2)9-6-14-7-9/h9,14H,4-8H2,1-3H3. The first-order chi connectivity index (χ1) is 8.17. The molecule has 4 nitrogen and oxygen atoms in total. The van der Waals surface area contributed by atoms with Crippen LogP contribution in [0.5, 0.6) is 0 Å². The van der Waals surface area contributed by atoms with Crippen LogP contribution in [0.15, 0.2) is 4.47 Å². The molecule has 1 fully saturated rings. The Kier molecular flexibility index (Phi) is 4.22. The molecule has 1 aromatic rings. The molecule has 17 heavy (non-hydrogen) atoms. The lowest BCUT2D eigenvalue weighted by atomic mass is 10.1. The molecule has 1 saturated heterocycles. The van der Waals surface area contributed by atoms with E-state index in [0.29, 0.717) is 6.04 Å². The maximum Gasteiger partial charge on any atom is 0.0767 e. The van der Waals surface area contributed by atoms with Crippen LogP contribution in [0.25, 0.3) is 0 Å². The van der Waals surface area contributed by atoms with E-state index in [4.69, 9.17) is 0 Å². The molecule has 0 unspecified atom stereocenters. The Morgan fingerprint density at radius 3 is 2.59 bits per heavy atom. The van der Waals surface area contributed by atoms with E-state index in [1.807, 2.05) is 11.7 Å². The summed E-state index contributed by atoms with van der Waals surface area (Å²) >= 11 is 3.68. The fourth-order valence-electron chi connectivity index (χ4n) is 2.21. The monoisotopic (exact) mass is 300 g/mol. The zero-order valence-electron chi connectivity index (χ0n) is 10.8. The molecule has 1 N–H and O–H groups in total. The molecule has 0 atom stereocenters. The number of aryl methyl sites for hydroxylation is 2. The highest BCUT2D eigenvalue weighted by atomic mass is 79.9. The summed E-state index contributed by atoms with van der Waals surface area (Å²) in [5.41, 5.74) is 2.45. The van der Waals surface area contributed by atoms with Crippen molar-refractivity contribution in [3.63, 3.8) is 0 Å². The molecule has 0 aromatic carbocycles. The van der Waals surface area contributed by atoms with Gasteiger partial charge in [-0.2, -0.15) is 5.10 Å². The molecule has 0 radical (unpaired) electrons. The van der Waals surface area contributed by atoms with Crippen molar-refractivity contribution in [2.75, 3.05) is 19.6 Å². The Hall–Kier alpha value is -0.390. The molecular weight excluding hydrogens is 280 g/mol. The molecule has 0 aliphatic carbocycles. The average molecular weight is 301 g/mol. The van der Waals surface area contributed by atoms with Gasteiger partial charge in [-0.05, 0) is 28.9 Å². The zero-order chi connectivity index (χ0) is 12.4. The van der Waals surface area contributed by atoms with E-state index in [2.05, 4.69) is 45.1 Å². The minimum Gasteiger partial charge on any atom is -0.314 e. The van der Waals surface area contributed by atoms with Crippen molar-refractivity contribution in [3.05, 3.63) is 15.9 Å². The van der Waals surface area contributed by atoms with Crippen molar-refractivity contribution >= 4 is 15.9 Å². The van der Waals surface area contributed by atoms with Crippen LogP contribution in [0.3, 0.4) is 0 Å². The van der Waals surface area contributed by atoms with Gasteiger partial charge in [0, 0.05) is 32.7 Å². The van der Waals surface area contributed by atoms with E-state index >= 15 is 0 Å². The van der Waals surface area contributed by atoms with Crippen LogP contribution < -0.4 is 5.32 Å². The van der Waals surface area contributed by atoms with Crippen molar-refractivity contribution in [2.24, 2.45) is 7.05 Å². The van der Waals surface area contributed by atoms with E-state index in [9.17, 15) is 0 Å². The molecule has 0 bridgehead atoms. The predicted molar refractivity (Wildman–Crippen MR) is 73.0 cm³/mol. The van der Waals surface area contributed by atoms with Gasteiger partial charge in [-0.15, -0.1) is 0 Å². The molecule has 1 aliphatic heterocycles. The Bertz CT molecular complexity index is 384. The molecule has 5 heteroatoms. The van der Waals surface area contributed by atoms with Gasteiger partial charge in [-0.25, -0.2) is 0 Å². The number of nitrogens with zero attached hydrogens (tertiary/aromatic N) is 3. The second kappa shape index (κ2) is 5.50. The van der Waals surface area contributed by atoms with E-state index in [0.717, 1.165) is 38.3 Å². The number of nitrogens with one attached hydrogen (secondary N) is 1. The van der Waals surface area contributed by atoms with E-state index in [1.54, 1.807) is 0 Å². The third kappa shape index (κ3) is 2.56. The number of aromatic nitrogens is 2. The minimum absolute atomic E-state index is 0.687. The van der Waals surface area contributed by atoms with Crippen molar-refractivity contribution in [2.45, 2.75) is 32.9 Å². The first-order valence-corrected chi connectivity index (χ1v) is 7.11. The lowest BCUT2D eigenvalue weighted by Crippen LogP contribution is -2.56. The Balaban J connectivity index is 2.13. The summed E-state index contributed by atoms with van der Waals surface area (Å²) < 4.78 is 3.20. The van der Waals surface area contributed by atoms with Gasteiger partial charge in [0.15, 0.2) is 0 Å². The summed E-state index contributed by atoms with van der Waals surface area (Å²) in [5, 5.41) is 7.88. The van der Waals surface area contributed by atoms with Crippen molar-refractivity contribution in [3.8, 4) is 0 Å². The first-order valence-electron chi connectivity index (χ1n) is 6.32. The second-order valence-corrected chi connectivity index (χ2v) is 5.35. The highest BCUT2D eigenvalue weighted by molar-refractivity contribution is 9.10. The van der Waals surface area contributed by atoms with Crippen LogP contribution in [0.1, 0.15) is 25.2 Å². The third-order valence-electron chi connectivity index (χ3n) is 3.54. The Morgan fingerprint density at radius 1 is 1.47 bits per heavy atom. The maximum atomic E-state index is 4.55. The van der Waals surface area contributed by atoms with Crippen molar-refractivity contribution < 1.29 is 0 Å². The predicted octanol–water partition coefficient (Wildman–Crippen LogP) is 1.54. The number of likely N-dealkylation sites (N-methyl/N-ethyl adjacent to an activating group) is 1. The van der Waals surface area contributed by atoms with Gasteiger partial charge >= 0.3 is 0 Å². The number of halogens is 1. The molecule has 2 heterocycles. The lowest BCUT2D eigenvalue weighted by molar-refractivity contribution is 0.141. The first kappa shape index (κ1) is 13.1. The highest BCUT2D eigenvalue weighted by Gasteiger charge is 2.25. The molecule has 0 spiro atoms. The fraction of sp³-hybridized carbons (Fsp3) is 0.750. The van der Waals surface area contributed by atoms with Gasteiger partial charge in [0.2, 0.25) is 0 Å². The Labute approximate surface area is 111 Å². The normalized spacial score (nSPS) is 16.5.